The van der Waals surface area contributed by atoms with Gasteiger partial charge in [-0.25, -0.2) is 4.98 Å². The van der Waals surface area contributed by atoms with Crippen LogP contribution >= 0.6 is 11.8 Å². The highest BCUT2D eigenvalue weighted by Gasteiger charge is 2.17. The highest BCUT2D eigenvalue weighted by atomic mass is 32.2. The molecule has 0 saturated carbocycles. The zero-order chi connectivity index (χ0) is 13.9. The standard InChI is InChI=1S/C14H11F2N3S/c15-13(16)19-12-6-2-1-5-11(12)18-14(19)20-9-10-4-3-7-17-8-10/h1-8,13H,9H2. The first-order chi connectivity index (χ1) is 9.75. The highest BCUT2D eigenvalue weighted by molar-refractivity contribution is 7.98. The molecule has 0 atom stereocenters. The van der Waals surface area contributed by atoms with E-state index in [2.05, 4.69) is 9.97 Å². The summed E-state index contributed by atoms with van der Waals surface area (Å²) in [6.07, 6.45) is 3.41. The second kappa shape index (κ2) is 5.58. The first-order valence-corrected chi connectivity index (χ1v) is 7.01. The third kappa shape index (κ3) is 2.51. The van der Waals surface area contributed by atoms with Crippen LogP contribution in [0.15, 0.2) is 53.9 Å². The number of benzene rings is 1. The first kappa shape index (κ1) is 13.1. The van der Waals surface area contributed by atoms with Gasteiger partial charge in [0.15, 0.2) is 5.16 Å². The fourth-order valence-electron chi connectivity index (χ4n) is 1.94. The van der Waals surface area contributed by atoms with Crippen molar-refractivity contribution in [1.29, 1.82) is 0 Å². The lowest BCUT2D eigenvalue weighted by atomic mass is 10.3. The van der Waals surface area contributed by atoms with E-state index < -0.39 is 6.55 Å². The van der Waals surface area contributed by atoms with Crippen LogP contribution in [-0.4, -0.2) is 14.5 Å². The molecule has 0 N–H and O–H groups in total. The summed E-state index contributed by atoms with van der Waals surface area (Å²) in [4.78, 5) is 8.28. The van der Waals surface area contributed by atoms with Crippen molar-refractivity contribution >= 4 is 22.8 Å². The Morgan fingerprint density at radius 1 is 1.15 bits per heavy atom. The zero-order valence-corrected chi connectivity index (χ0v) is 11.2. The number of hydrogen-bond acceptors (Lipinski definition) is 3. The fraction of sp³-hybridized carbons (Fsp3) is 0.143. The number of halogens is 2. The molecule has 3 rings (SSSR count). The number of rotatable bonds is 4. The molecule has 0 radical (unpaired) electrons. The topological polar surface area (TPSA) is 30.7 Å². The first-order valence-electron chi connectivity index (χ1n) is 6.02. The van der Waals surface area contributed by atoms with E-state index in [0.717, 1.165) is 10.1 Å². The molecule has 0 fully saturated rings. The molecule has 20 heavy (non-hydrogen) atoms. The third-order valence-corrected chi connectivity index (χ3v) is 3.87. The van der Waals surface area contributed by atoms with E-state index in [9.17, 15) is 8.78 Å². The molecule has 2 aromatic heterocycles. The van der Waals surface area contributed by atoms with Crippen LogP contribution in [0.25, 0.3) is 11.0 Å². The quantitative estimate of drug-likeness (QED) is 0.677. The van der Waals surface area contributed by atoms with Gasteiger partial charge >= 0.3 is 6.55 Å². The monoisotopic (exact) mass is 291 g/mol. The molecule has 3 nitrogen and oxygen atoms in total. The summed E-state index contributed by atoms with van der Waals surface area (Å²) in [6.45, 7) is -2.60. The molecule has 6 heteroatoms. The molecule has 0 aliphatic rings. The Balaban J connectivity index is 1.93. The van der Waals surface area contributed by atoms with E-state index in [1.54, 1.807) is 36.7 Å². The van der Waals surface area contributed by atoms with Gasteiger partial charge in [-0.3, -0.25) is 9.55 Å². The maximum atomic E-state index is 13.2. The number of pyridine rings is 1. The number of thioether (sulfide) groups is 1. The SMILES string of the molecule is FC(F)n1c(SCc2cccnc2)nc2ccccc21. The number of aromatic nitrogens is 3. The molecule has 0 unspecified atom stereocenters. The molecule has 0 spiro atoms. The smallest absolute Gasteiger partial charge is 0.264 e. The molecule has 0 bridgehead atoms. The number of alkyl halides is 2. The minimum absolute atomic E-state index is 0.324. The van der Waals surface area contributed by atoms with Crippen LogP contribution in [0.2, 0.25) is 0 Å². The number of hydrogen-bond donors (Lipinski definition) is 0. The lowest BCUT2D eigenvalue weighted by Gasteiger charge is -2.07. The minimum Gasteiger partial charge on any atom is -0.264 e. The van der Waals surface area contributed by atoms with Gasteiger partial charge in [-0.05, 0) is 23.8 Å². The predicted octanol–water partition coefficient (Wildman–Crippen LogP) is 4.12. The van der Waals surface area contributed by atoms with Gasteiger partial charge in [0.25, 0.3) is 0 Å². The fourth-order valence-corrected chi connectivity index (χ4v) is 2.89. The van der Waals surface area contributed by atoms with Crippen molar-refractivity contribution in [2.45, 2.75) is 17.5 Å². The van der Waals surface area contributed by atoms with E-state index in [1.165, 1.54) is 11.8 Å². The molecule has 0 aliphatic carbocycles. The van der Waals surface area contributed by atoms with Crippen LogP contribution < -0.4 is 0 Å². The normalized spacial score (nSPS) is 11.3. The molecule has 2 heterocycles. The summed E-state index contributed by atoms with van der Waals surface area (Å²) in [6, 6.07) is 10.7. The Morgan fingerprint density at radius 2 is 2.00 bits per heavy atom. The van der Waals surface area contributed by atoms with E-state index in [1.807, 2.05) is 12.1 Å². The molecule has 0 aliphatic heterocycles. The van der Waals surface area contributed by atoms with E-state index in [4.69, 9.17) is 0 Å². The molecule has 0 amide bonds. The van der Waals surface area contributed by atoms with Crippen LogP contribution in [0.1, 0.15) is 12.1 Å². The van der Waals surface area contributed by atoms with Gasteiger partial charge in [0, 0.05) is 18.1 Å². The second-order valence-electron chi connectivity index (χ2n) is 4.18. The third-order valence-electron chi connectivity index (χ3n) is 2.85. The number of nitrogens with zero attached hydrogens (tertiary/aromatic N) is 3. The van der Waals surface area contributed by atoms with Crippen molar-refractivity contribution in [2.75, 3.05) is 0 Å². The average molecular weight is 291 g/mol. The number of fused-ring (bicyclic) bond motifs is 1. The lowest BCUT2D eigenvalue weighted by Crippen LogP contribution is -2.00. The summed E-state index contributed by atoms with van der Waals surface area (Å²) in [5.74, 6) is 0.559. The van der Waals surface area contributed by atoms with Gasteiger partial charge in [-0.1, -0.05) is 30.0 Å². The van der Waals surface area contributed by atoms with Gasteiger partial charge in [0.05, 0.1) is 11.0 Å². The molecule has 102 valence electrons. The molecular weight excluding hydrogens is 280 g/mol. The molecule has 0 saturated heterocycles. The van der Waals surface area contributed by atoms with Crippen LogP contribution in [0.3, 0.4) is 0 Å². The summed E-state index contributed by atoms with van der Waals surface area (Å²) >= 11 is 1.29. The number of imidazole rings is 1. The van der Waals surface area contributed by atoms with Crippen LogP contribution in [-0.2, 0) is 5.75 Å². The van der Waals surface area contributed by atoms with Gasteiger partial charge in [0.2, 0.25) is 0 Å². The predicted molar refractivity (Wildman–Crippen MR) is 74.8 cm³/mol. The van der Waals surface area contributed by atoms with Crippen molar-refractivity contribution in [3.8, 4) is 0 Å². The Kier molecular flexibility index (Phi) is 3.64. The largest absolute Gasteiger partial charge is 0.321 e. The van der Waals surface area contributed by atoms with Crippen LogP contribution in [0.5, 0.6) is 0 Å². The van der Waals surface area contributed by atoms with E-state index in [0.29, 0.717) is 21.9 Å². The Labute approximate surface area is 118 Å². The second-order valence-corrected chi connectivity index (χ2v) is 5.12. The van der Waals surface area contributed by atoms with Gasteiger partial charge in [-0.15, -0.1) is 0 Å². The average Bonchev–Trinajstić information content (AvgIpc) is 2.84. The van der Waals surface area contributed by atoms with Gasteiger partial charge < -0.3 is 0 Å². The summed E-state index contributed by atoms with van der Waals surface area (Å²) in [5, 5.41) is 0.324. The van der Waals surface area contributed by atoms with Crippen molar-refractivity contribution in [3.05, 3.63) is 54.4 Å². The maximum absolute atomic E-state index is 13.2. The van der Waals surface area contributed by atoms with Crippen molar-refractivity contribution in [2.24, 2.45) is 0 Å². The summed E-state index contributed by atoms with van der Waals surface area (Å²) in [5.41, 5.74) is 2.02. The van der Waals surface area contributed by atoms with Crippen molar-refractivity contribution in [1.82, 2.24) is 14.5 Å². The Morgan fingerprint density at radius 3 is 2.75 bits per heavy atom. The van der Waals surface area contributed by atoms with E-state index >= 15 is 0 Å². The molecular formula is C14H11F2N3S. The van der Waals surface area contributed by atoms with Crippen LogP contribution in [0.4, 0.5) is 8.78 Å². The Hall–Kier alpha value is -1.95. The highest BCUT2D eigenvalue weighted by Crippen LogP contribution is 2.30. The maximum Gasteiger partial charge on any atom is 0.321 e. The summed E-state index contributed by atoms with van der Waals surface area (Å²) < 4.78 is 27.4. The van der Waals surface area contributed by atoms with Crippen molar-refractivity contribution in [3.63, 3.8) is 0 Å². The van der Waals surface area contributed by atoms with Crippen molar-refractivity contribution < 1.29 is 8.78 Å². The summed E-state index contributed by atoms with van der Waals surface area (Å²) in [7, 11) is 0. The molecule has 1 aromatic carbocycles. The number of para-hydroxylation sites is 2. The zero-order valence-electron chi connectivity index (χ0n) is 10.4. The van der Waals surface area contributed by atoms with Gasteiger partial charge in [-0.2, -0.15) is 8.78 Å². The lowest BCUT2D eigenvalue weighted by molar-refractivity contribution is 0.0656. The molecule has 3 aromatic rings. The van der Waals surface area contributed by atoms with E-state index in [-0.39, 0.29) is 0 Å². The van der Waals surface area contributed by atoms with Gasteiger partial charge in [0.1, 0.15) is 0 Å². The minimum atomic E-state index is -2.60. The Bertz CT molecular complexity index is 713. The van der Waals surface area contributed by atoms with Crippen LogP contribution in [0, 0.1) is 0 Å².